The quantitative estimate of drug-likeness (QED) is 0.907. The van der Waals surface area contributed by atoms with Crippen molar-refractivity contribution in [3.05, 3.63) is 23.2 Å². The Bertz CT molecular complexity index is 437. The Labute approximate surface area is 115 Å². The Morgan fingerprint density at radius 2 is 2.37 bits per heavy atom. The van der Waals surface area contributed by atoms with E-state index in [-0.39, 0.29) is 5.91 Å². The van der Waals surface area contributed by atoms with E-state index in [0.29, 0.717) is 11.7 Å². The normalized spacial score (nSPS) is 19.7. The third-order valence-corrected chi connectivity index (χ3v) is 3.85. The van der Waals surface area contributed by atoms with Crippen LogP contribution in [0.2, 0.25) is 0 Å². The summed E-state index contributed by atoms with van der Waals surface area (Å²) in [7, 11) is 1.96. The minimum atomic E-state index is 0.0450. The van der Waals surface area contributed by atoms with Gasteiger partial charge in [0.25, 0.3) is 5.91 Å². The van der Waals surface area contributed by atoms with Crippen molar-refractivity contribution in [3.63, 3.8) is 0 Å². The van der Waals surface area contributed by atoms with Crippen molar-refractivity contribution in [1.82, 2.24) is 10.2 Å². The number of rotatable bonds is 4. The number of aryl methyl sites for hydroxylation is 2. The van der Waals surface area contributed by atoms with Crippen LogP contribution in [0.3, 0.4) is 0 Å². The van der Waals surface area contributed by atoms with E-state index >= 15 is 0 Å². The summed E-state index contributed by atoms with van der Waals surface area (Å²) < 4.78 is 5.67. The summed E-state index contributed by atoms with van der Waals surface area (Å²) in [6.07, 6.45) is 3.11. The number of hydrogen-bond acceptors (Lipinski definition) is 3. The van der Waals surface area contributed by atoms with Gasteiger partial charge in [0, 0.05) is 19.5 Å². The minimum Gasteiger partial charge on any atom is -0.456 e. The summed E-state index contributed by atoms with van der Waals surface area (Å²) in [5, 5.41) is 3.20. The fourth-order valence-corrected chi connectivity index (χ4v) is 2.84. The first-order valence-corrected chi connectivity index (χ1v) is 7.18. The summed E-state index contributed by atoms with van der Waals surface area (Å²) in [5.41, 5.74) is 1.08. The topological polar surface area (TPSA) is 45.5 Å². The zero-order valence-electron chi connectivity index (χ0n) is 12.2. The van der Waals surface area contributed by atoms with Crippen LogP contribution in [0.5, 0.6) is 0 Å². The van der Waals surface area contributed by atoms with Gasteiger partial charge in [-0.05, 0) is 50.9 Å². The number of carbonyl (C=O) groups excluding carboxylic acids is 1. The van der Waals surface area contributed by atoms with Crippen LogP contribution in [0.4, 0.5) is 0 Å². The Morgan fingerprint density at radius 3 is 3.00 bits per heavy atom. The summed E-state index contributed by atoms with van der Waals surface area (Å²) in [6, 6.07) is 1.88. The molecule has 0 aliphatic carbocycles. The second-order valence-electron chi connectivity index (χ2n) is 5.39. The number of carbonyl (C=O) groups is 1. The Balaban J connectivity index is 2.05. The summed E-state index contributed by atoms with van der Waals surface area (Å²) in [6.45, 7) is 6.70. The molecule has 1 N–H and O–H groups in total. The van der Waals surface area contributed by atoms with Crippen molar-refractivity contribution in [2.75, 3.05) is 26.7 Å². The fourth-order valence-electron chi connectivity index (χ4n) is 2.84. The van der Waals surface area contributed by atoms with Crippen LogP contribution in [0.15, 0.2) is 10.5 Å². The SMILES string of the molecule is CCc1oc(C(=O)N2CCCC(CNC)C2)cc1C. The summed E-state index contributed by atoms with van der Waals surface area (Å²) in [4.78, 5) is 14.4. The van der Waals surface area contributed by atoms with Gasteiger partial charge in [-0.25, -0.2) is 0 Å². The molecule has 1 unspecified atom stereocenters. The predicted molar refractivity (Wildman–Crippen MR) is 75.4 cm³/mol. The number of nitrogens with zero attached hydrogens (tertiary/aromatic N) is 1. The van der Waals surface area contributed by atoms with Gasteiger partial charge in [0.05, 0.1) is 0 Å². The highest BCUT2D eigenvalue weighted by molar-refractivity contribution is 5.91. The second-order valence-corrected chi connectivity index (χ2v) is 5.39. The highest BCUT2D eigenvalue weighted by atomic mass is 16.4. The van der Waals surface area contributed by atoms with Gasteiger partial charge in [-0.15, -0.1) is 0 Å². The lowest BCUT2D eigenvalue weighted by Gasteiger charge is -2.32. The molecule has 0 aromatic carbocycles. The lowest BCUT2D eigenvalue weighted by atomic mass is 9.98. The summed E-state index contributed by atoms with van der Waals surface area (Å²) >= 11 is 0. The molecule has 0 bridgehead atoms. The largest absolute Gasteiger partial charge is 0.456 e. The molecule has 1 fully saturated rings. The number of piperidine rings is 1. The van der Waals surface area contributed by atoms with Gasteiger partial charge in [0.15, 0.2) is 5.76 Å². The molecule has 0 saturated carbocycles. The first-order chi connectivity index (χ1) is 9.15. The molecule has 1 saturated heterocycles. The van der Waals surface area contributed by atoms with Gasteiger partial charge in [0.1, 0.15) is 5.76 Å². The van der Waals surface area contributed by atoms with Crippen LogP contribution >= 0.6 is 0 Å². The van der Waals surface area contributed by atoms with Crippen molar-refractivity contribution in [2.24, 2.45) is 5.92 Å². The Hall–Kier alpha value is -1.29. The van der Waals surface area contributed by atoms with Crippen LogP contribution in [0.25, 0.3) is 0 Å². The molecule has 1 aliphatic rings. The Kier molecular flexibility index (Phi) is 4.64. The molecular formula is C15H24N2O2. The average molecular weight is 264 g/mol. The molecule has 19 heavy (non-hydrogen) atoms. The van der Waals surface area contributed by atoms with E-state index < -0.39 is 0 Å². The molecule has 1 aromatic rings. The maximum Gasteiger partial charge on any atom is 0.289 e. The molecule has 2 rings (SSSR count). The Morgan fingerprint density at radius 1 is 1.58 bits per heavy atom. The lowest BCUT2D eigenvalue weighted by Crippen LogP contribution is -2.42. The molecule has 4 heteroatoms. The van der Waals surface area contributed by atoms with E-state index in [2.05, 4.69) is 5.32 Å². The fraction of sp³-hybridized carbons (Fsp3) is 0.667. The third kappa shape index (κ3) is 3.18. The minimum absolute atomic E-state index is 0.0450. The molecule has 0 radical (unpaired) electrons. The number of hydrogen-bond donors (Lipinski definition) is 1. The van der Waals surface area contributed by atoms with Crippen LogP contribution < -0.4 is 5.32 Å². The molecular weight excluding hydrogens is 240 g/mol. The van der Waals surface area contributed by atoms with E-state index in [4.69, 9.17) is 4.42 Å². The molecule has 1 aromatic heterocycles. The number of likely N-dealkylation sites (tertiary alicyclic amines) is 1. The van der Waals surface area contributed by atoms with Crippen LogP contribution in [0, 0.1) is 12.8 Å². The number of furan rings is 1. The zero-order chi connectivity index (χ0) is 13.8. The second kappa shape index (κ2) is 6.24. The van der Waals surface area contributed by atoms with Crippen LogP contribution in [-0.4, -0.2) is 37.5 Å². The van der Waals surface area contributed by atoms with Gasteiger partial charge in [0.2, 0.25) is 0 Å². The monoisotopic (exact) mass is 264 g/mol. The van der Waals surface area contributed by atoms with Gasteiger partial charge in [-0.1, -0.05) is 6.92 Å². The maximum absolute atomic E-state index is 12.4. The highest BCUT2D eigenvalue weighted by Crippen LogP contribution is 2.21. The zero-order valence-corrected chi connectivity index (χ0v) is 12.2. The summed E-state index contributed by atoms with van der Waals surface area (Å²) in [5.74, 6) is 2.03. The number of amides is 1. The average Bonchev–Trinajstić information content (AvgIpc) is 2.80. The van der Waals surface area contributed by atoms with E-state index in [1.807, 2.05) is 31.9 Å². The van der Waals surface area contributed by atoms with E-state index in [9.17, 15) is 4.79 Å². The molecule has 106 valence electrons. The first-order valence-electron chi connectivity index (χ1n) is 7.18. The van der Waals surface area contributed by atoms with E-state index in [1.54, 1.807) is 0 Å². The van der Waals surface area contributed by atoms with Crippen molar-refractivity contribution in [3.8, 4) is 0 Å². The van der Waals surface area contributed by atoms with Gasteiger partial charge >= 0.3 is 0 Å². The van der Waals surface area contributed by atoms with Crippen LogP contribution in [0.1, 0.15) is 41.6 Å². The lowest BCUT2D eigenvalue weighted by molar-refractivity contribution is 0.0640. The van der Waals surface area contributed by atoms with Crippen molar-refractivity contribution in [1.29, 1.82) is 0 Å². The van der Waals surface area contributed by atoms with E-state index in [0.717, 1.165) is 43.8 Å². The molecule has 1 aliphatic heterocycles. The predicted octanol–water partition coefficient (Wildman–Crippen LogP) is 2.22. The van der Waals surface area contributed by atoms with Crippen molar-refractivity contribution in [2.45, 2.75) is 33.1 Å². The van der Waals surface area contributed by atoms with Gasteiger partial charge in [-0.3, -0.25) is 4.79 Å². The molecule has 1 amide bonds. The van der Waals surface area contributed by atoms with Gasteiger partial charge < -0.3 is 14.6 Å². The molecule has 1 atom stereocenters. The van der Waals surface area contributed by atoms with Crippen molar-refractivity contribution < 1.29 is 9.21 Å². The van der Waals surface area contributed by atoms with Gasteiger partial charge in [-0.2, -0.15) is 0 Å². The highest BCUT2D eigenvalue weighted by Gasteiger charge is 2.26. The smallest absolute Gasteiger partial charge is 0.289 e. The number of nitrogens with one attached hydrogen (secondary N) is 1. The molecule has 4 nitrogen and oxygen atoms in total. The van der Waals surface area contributed by atoms with Crippen LogP contribution in [-0.2, 0) is 6.42 Å². The molecule has 2 heterocycles. The standard InChI is InChI=1S/C15H24N2O2/c1-4-13-11(2)8-14(19-13)15(18)17-7-5-6-12(10-17)9-16-3/h8,12,16H,4-7,9-10H2,1-3H3. The van der Waals surface area contributed by atoms with Crippen molar-refractivity contribution >= 4 is 5.91 Å². The third-order valence-electron chi connectivity index (χ3n) is 3.85. The molecule has 0 spiro atoms. The maximum atomic E-state index is 12.4. The van der Waals surface area contributed by atoms with E-state index in [1.165, 1.54) is 6.42 Å². The first kappa shape index (κ1) is 14.1.